The second kappa shape index (κ2) is 4.83. The summed E-state index contributed by atoms with van der Waals surface area (Å²) < 4.78 is 0. The van der Waals surface area contributed by atoms with Crippen molar-refractivity contribution in [3.63, 3.8) is 0 Å². The highest BCUT2D eigenvalue weighted by Crippen LogP contribution is 2.17. The van der Waals surface area contributed by atoms with E-state index in [4.69, 9.17) is 0 Å². The lowest BCUT2D eigenvalue weighted by Crippen LogP contribution is -2.43. The molecule has 0 aromatic heterocycles. The summed E-state index contributed by atoms with van der Waals surface area (Å²) >= 11 is 0. The number of aliphatic hydroxyl groups is 1. The smallest absolute Gasteiger partial charge is 0.0662 e. The van der Waals surface area contributed by atoms with Gasteiger partial charge in [0.25, 0.3) is 0 Å². The number of nitrogens with one attached hydrogen (secondary N) is 1. The fraction of sp³-hybridized carbons (Fsp3) is 1.00. The molecule has 0 amide bonds. The summed E-state index contributed by atoms with van der Waals surface area (Å²) in [6.45, 7) is 3.90. The lowest BCUT2D eigenvalue weighted by atomic mass is 9.94. The molecule has 72 valence electrons. The zero-order valence-corrected chi connectivity index (χ0v) is 8.21. The average Bonchev–Trinajstić information content (AvgIpc) is 2.06. The highest BCUT2D eigenvalue weighted by atomic mass is 16.3. The van der Waals surface area contributed by atoms with Crippen molar-refractivity contribution in [3.8, 4) is 0 Å². The summed E-state index contributed by atoms with van der Waals surface area (Å²) in [5, 5.41) is 12.8. The average molecular weight is 171 g/mol. The van der Waals surface area contributed by atoms with E-state index in [2.05, 4.69) is 12.2 Å². The number of hydrogen-bond donors (Lipinski definition) is 2. The van der Waals surface area contributed by atoms with Crippen LogP contribution in [-0.4, -0.2) is 23.3 Å². The van der Waals surface area contributed by atoms with Crippen molar-refractivity contribution >= 4 is 0 Å². The summed E-state index contributed by atoms with van der Waals surface area (Å²) in [4.78, 5) is 0. The molecule has 2 nitrogen and oxygen atoms in total. The predicted molar refractivity (Wildman–Crippen MR) is 51.2 cm³/mol. The van der Waals surface area contributed by atoms with Gasteiger partial charge in [0.05, 0.1) is 6.10 Å². The van der Waals surface area contributed by atoms with Crippen LogP contribution in [0.5, 0.6) is 0 Å². The maximum atomic E-state index is 9.29. The molecule has 0 aromatic rings. The van der Waals surface area contributed by atoms with Gasteiger partial charge in [-0.25, -0.2) is 0 Å². The highest BCUT2D eigenvalue weighted by Gasteiger charge is 2.17. The Morgan fingerprint density at radius 2 is 1.75 bits per heavy atom. The fourth-order valence-corrected chi connectivity index (χ4v) is 1.78. The predicted octanol–water partition coefficient (Wildman–Crippen LogP) is 1.68. The maximum Gasteiger partial charge on any atom is 0.0662 e. The molecule has 0 radical (unpaired) electrons. The van der Waals surface area contributed by atoms with Crippen LogP contribution in [0.3, 0.4) is 0 Å². The SMILES string of the molecule is CC(O)C(C)NC1CCCCC1. The van der Waals surface area contributed by atoms with E-state index in [1.54, 1.807) is 0 Å². The van der Waals surface area contributed by atoms with Gasteiger partial charge in [-0.2, -0.15) is 0 Å². The van der Waals surface area contributed by atoms with Crippen molar-refractivity contribution < 1.29 is 5.11 Å². The van der Waals surface area contributed by atoms with Gasteiger partial charge in [-0.3, -0.25) is 0 Å². The summed E-state index contributed by atoms with van der Waals surface area (Å²) in [5.41, 5.74) is 0. The van der Waals surface area contributed by atoms with E-state index in [1.807, 2.05) is 6.92 Å². The van der Waals surface area contributed by atoms with E-state index >= 15 is 0 Å². The molecular weight excluding hydrogens is 150 g/mol. The van der Waals surface area contributed by atoms with Gasteiger partial charge in [-0.15, -0.1) is 0 Å². The quantitative estimate of drug-likeness (QED) is 0.677. The van der Waals surface area contributed by atoms with Gasteiger partial charge in [0.2, 0.25) is 0 Å². The Morgan fingerprint density at radius 1 is 1.17 bits per heavy atom. The Labute approximate surface area is 75.4 Å². The summed E-state index contributed by atoms with van der Waals surface area (Å²) in [5.74, 6) is 0. The first-order valence-corrected chi connectivity index (χ1v) is 5.14. The largest absolute Gasteiger partial charge is 0.392 e. The molecule has 0 spiro atoms. The molecule has 2 N–H and O–H groups in total. The fourth-order valence-electron chi connectivity index (χ4n) is 1.78. The van der Waals surface area contributed by atoms with Crippen LogP contribution in [-0.2, 0) is 0 Å². The monoisotopic (exact) mass is 171 g/mol. The molecule has 12 heavy (non-hydrogen) atoms. The number of rotatable bonds is 3. The molecule has 1 rings (SSSR count). The second-order valence-electron chi connectivity index (χ2n) is 4.03. The molecule has 2 atom stereocenters. The third-order valence-electron chi connectivity index (χ3n) is 2.83. The van der Waals surface area contributed by atoms with Gasteiger partial charge in [-0.1, -0.05) is 19.3 Å². The molecule has 0 aromatic carbocycles. The van der Waals surface area contributed by atoms with Gasteiger partial charge < -0.3 is 10.4 Å². The van der Waals surface area contributed by atoms with Crippen LogP contribution in [0, 0.1) is 0 Å². The molecule has 1 saturated carbocycles. The van der Waals surface area contributed by atoms with Crippen LogP contribution < -0.4 is 5.32 Å². The third kappa shape index (κ3) is 3.11. The van der Waals surface area contributed by atoms with E-state index in [9.17, 15) is 5.11 Å². The lowest BCUT2D eigenvalue weighted by Gasteiger charge is -2.27. The maximum absolute atomic E-state index is 9.29. The van der Waals surface area contributed by atoms with E-state index in [0.717, 1.165) is 0 Å². The molecule has 1 fully saturated rings. The van der Waals surface area contributed by atoms with E-state index in [-0.39, 0.29) is 12.1 Å². The zero-order valence-electron chi connectivity index (χ0n) is 8.21. The van der Waals surface area contributed by atoms with Crippen LogP contribution in [0.15, 0.2) is 0 Å². The Kier molecular flexibility index (Phi) is 4.02. The molecule has 1 aliphatic rings. The first-order valence-electron chi connectivity index (χ1n) is 5.14. The first kappa shape index (κ1) is 10.0. The lowest BCUT2D eigenvalue weighted by molar-refractivity contribution is 0.140. The van der Waals surface area contributed by atoms with Crippen molar-refractivity contribution in [1.82, 2.24) is 5.32 Å². The minimum Gasteiger partial charge on any atom is -0.392 e. The Bertz CT molecular complexity index is 119. The standard InChI is InChI=1S/C10H21NO/c1-8(9(2)12)11-10-6-4-3-5-7-10/h8-12H,3-7H2,1-2H3. The summed E-state index contributed by atoms with van der Waals surface area (Å²) in [6.07, 6.45) is 6.44. The topological polar surface area (TPSA) is 32.3 Å². The van der Waals surface area contributed by atoms with Gasteiger partial charge in [0, 0.05) is 12.1 Å². The normalized spacial score (nSPS) is 25.2. The molecule has 1 aliphatic carbocycles. The van der Waals surface area contributed by atoms with E-state index in [0.29, 0.717) is 6.04 Å². The molecular formula is C10H21NO. The molecule has 2 unspecified atom stereocenters. The minimum absolute atomic E-state index is 0.230. The van der Waals surface area contributed by atoms with Gasteiger partial charge in [0.15, 0.2) is 0 Å². The Balaban J connectivity index is 2.20. The molecule has 0 aliphatic heterocycles. The van der Waals surface area contributed by atoms with E-state index in [1.165, 1.54) is 32.1 Å². The number of aliphatic hydroxyl groups excluding tert-OH is 1. The van der Waals surface area contributed by atoms with Crippen LogP contribution in [0.25, 0.3) is 0 Å². The van der Waals surface area contributed by atoms with Crippen LogP contribution in [0.2, 0.25) is 0 Å². The molecule has 0 saturated heterocycles. The van der Waals surface area contributed by atoms with Crippen molar-refractivity contribution in [3.05, 3.63) is 0 Å². The molecule has 0 heterocycles. The Morgan fingerprint density at radius 3 is 2.25 bits per heavy atom. The van der Waals surface area contributed by atoms with Crippen LogP contribution >= 0.6 is 0 Å². The van der Waals surface area contributed by atoms with Crippen molar-refractivity contribution in [2.75, 3.05) is 0 Å². The van der Waals surface area contributed by atoms with Gasteiger partial charge in [0.1, 0.15) is 0 Å². The van der Waals surface area contributed by atoms with Gasteiger partial charge in [-0.05, 0) is 26.7 Å². The third-order valence-corrected chi connectivity index (χ3v) is 2.83. The van der Waals surface area contributed by atoms with Gasteiger partial charge >= 0.3 is 0 Å². The summed E-state index contributed by atoms with van der Waals surface area (Å²) in [7, 11) is 0. The highest BCUT2D eigenvalue weighted by molar-refractivity contribution is 4.77. The first-order chi connectivity index (χ1) is 5.70. The van der Waals surface area contributed by atoms with Crippen molar-refractivity contribution in [2.45, 2.75) is 64.1 Å². The van der Waals surface area contributed by atoms with Crippen molar-refractivity contribution in [2.24, 2.45) is 0 Å². The van der Waals surface area contributed by atoms with Crippen molar-refractivity contribution in [1.29, 1.82) is 0 Å². The van der Waals surface area contributed by atoms with E-state index < -0.39 is 0 Å². The Hall–Kier alpha value is -0.0800. The second-order valence-corrected chi connectivity index (χ2v) is 4.03. The van der Waals surface area contributed by atoms with Crippen LogP contribution in [0.1, 0.15) is 46.0 Å². The zero-order chi connectivity index (χ0) is 8.97. The molecule has 0 bridgehead atoms. The molecule has 2 heteroatoms. The minimum atomic E-state index is -0.230. The van der Waals surface area contributed by atoms with Crippen LogP contribution in [0.4, 0.5) is 0 Å². The number of hydrogen-bond acceptors (Lipinski definition) is 2. The summed E-state index contributed by atoms with van der Waals surface area (Å²) in [6, 6.07) is 0.899.